The number of aryl methyl sites for hydroxylation is 2. The van der Waals surface area contributed by atoms with E-state index in [4.69, 9.17) is 0 Å². The normalized spacial score (nSPS) is 10.6. The third-order valence-corrected chi connectivity index (χ3v) is 3.96. The molecule has 0 spiro atoms. The van der Waals surface area contributed by atoms with Gasteiger partial charge >= 0.3 is 0 Å². The first-order chi connectivity index (χ1) is 12.8. The topological polar surface area (TPSA) is 66.9 Å². The van der Waals surface area contributed by atoms with Gasteiger partial charge in [-0.2, -0.15) is 0 Å². The zero-order valence-corrected chi connectivity index (χ0v) is 14.5. The predicted molar refractivity (Wildman–Crippen MR) is 95.5 cm³/mol. The van der Waals surface area contributed by atoms with E-state index in [1.165, 1.54) is 6.07 Å². The molecule has 5 nitrogen and oxygen atoms in total. The van der Waals surface area contributed by atoms with Gasteiger partial charge in [0, 0.05) is 11.8 Å². The van der Waals surface area contributed by atoms with Crippen LogP contribution >= 0.6 is 0 Å². The van der Waals surface area contributed by atoms with Crippen LogP contribution in [0.3, 0.4) is 0 Å². The summed E-state index contributed by atoms with van der Waals surface area (Å²) < 4.78 is 40.1. The minimum absolute atomic E-state index is 0.0220. The number of nitrogens with one attached hydrogen (secondary N) is 2. The second-order valence-electron chi connectivity index (χ2n) is 5.89. The molecule has 0 aliphatic heterocycles. The van der Waals surface area contributed by atoms with Gasteiger partial charge in [0.25, 0.3) is 5.91 Å². The summed E-state index contributed by atoms with van der Waals surface area (Å²) in [5.74, 6) is -4.71. The van der Waals surface area contributed by atoms with Crippen molar-refractivity contribution in [2.75, 3.05) is 10.6 Å². The zero-order valence-electron chi connectivity index (χ0n) is 14.5. The Labute approximate surface area is 153 Å². The number of carbonyl (C=O) groups excluding carboxylic acids is 1. The van der Waals surface area contributed by atoms with Crippen LogP contribution in [-0.2, 0) is 0 Å². The van der Waals surface area contributed by atoms with Gasteiger partial charge in [0.05, 0.1) is 5.69 Å². The van der Waals surface area contributed by atoms with Crippen molar-refractivity contribution in [3.63, 3.8) is 0 Å². The van der Waals surface area contributed by atoms with Crippen LogP contribution in [0.15, 0.2) is 42.7 Å². The Kier molecular flexibility index (Phi) is 5.07. The highest BCUT2D eigenvalue weighted by Crippen LogP contribution is 2.23. The molecule has 27 heavy (non-hydrogen) atoms. The summed E-state index contributed by atoms with van der Waals surface area (Å²) >= 11 is 0. The van der Waals surface area contributed by atoms with Crippen molar-refractivity contribution in [2.45, 2.75) is 13.8 Å². The van der Waals surface area contributed by atoms with E-state index in [1.54, 1.807) is 6.07 Å². The molecule has 0 radical (unpaired) electrons. The van der Waals surface area contributed by atoms with E-state index in [9.17, 15) is 18.0 Å². The van der Waals surface area contributed by atoms with Crippen LogP contribution in [0.5, 0.6) is 0 Å². The van der Waals surface area contributed by atoms with Crippen LogP contribution in [-0.4, -0.2) is 15.9 Å². The SMILES string of the molecule is Cc1ccc(NC(=O)c2cc(Nc3ccc(F)c(F)c3F)ncn2)cc1C. The Morgan fingerprint density at radius 3 is 2.44 bits per heavy atom. The summed E-state index contributed by atoms with van der Waals surface area (Å²) in [5, 5.41) is 5.21. The average Bonchev–Trinajstić information content (AvgIpc) is 2.65. The average molecular weight is 372 g/mol. The lowest BCUT2D eigenvalue weighted by Gasteiger charge is -2.10. The van der Waals surface area contributed by atoms with E-state index >= 15 is 0 Å². The number of hydrogen-bond acceptors (Lipinski definition) is 4. The molecular formula is C19H15F3N4O. The van der Waals surface area contributed by atoms with E-state index in [1.807, 2.05) is 26.0 Å². The Balaban J connectivity index is 1.80. The lowest BCUT2D eigenvalue weighted by atomic mass is 10.1. The van der Waals surface area contributed by atoms with Crippen molar-refractivity contribution in [1.82, 2.24) is 9.97 Å². The number of benzene rings is 2. The van der Waals surface area contributed by atoms with Crippen molar-refractivity contribution in [3.8, 4) is 0 Å². The molecule has 0 saturated carbocycles. The van der Waals surface area contributed by atoms with Gasteiger partial charge in [-0.25, -0.2) is 23.1 Å². The Morgan fingerprint density at radius 2 is 1.70 bits per heavy atom. The summed E-state index contributed by atoms with van der Waals surface area (Å²) in [4.78, 5) is 20.1. The third kappa shape index (κ3) is 4.05. The predicted octanol–water partition coefficient (Wildman–Crippen LogP) is 4.51. The molecule has 3 aromatic rings. The van der Waals surface area contributed by atoms with Crippen molar-refractivity contribution < 1.29 is 18.0 Å². The fourth-order valence-electron chi connectivity index (χ4n) is 2.32. The molecule has 1 heterocycles. The van der Waals surface area contributed by atoms with Gasteiger partial charge in [-0.1, -0.05) is 6.07 Å². The van der Waals surface area contributed by atoms with Gasteiger partial charge in [-0.05, 0) is 49.2 Å². The van der Waals surface area contributed by atoms with Crippen LogP contribution in [0.25, 0.3) is 0 Å². The van der Waals surface area contributed by atoms with Crippen LogP contribution in [0, 0.1) is 31.3 Å². The van der Waals surface area contributed by atoms with E-state index in [-0.39, 0.29) is 17.2 Å². The van der Waals surface area contributed by atoms with E-state index in [0.29, 0.717) is 5.69 Å². The molecule has 2 aromatic carbocycles. The summed E-state index contributed by atoms with van der Waals surface area (Å²) in [6.07, 6.45) is 1.11. The Morgan fingerprint density at radius 1 is 0.926 bits per heavy atom. The molecular weight excluding hydrogens is 357 g/mol. The van der Waals surface area contributed by atoms with Gasteiger partial charge < -0.3 is 10.6 Å². The number of halogens is 3. The highest BCUT2D eigenvalue weighted by Gasteiger charge is 2.15. The number of anilines is 3. The second-order valence-corrected chi connectivity index (χ2v) is 5.89. The van der Waals surface area contributed by atoms with E-state index in [2.05, 4.69) is 20.6 Å². The highest BCUT2D eigenvalue weighted by molar-refractivity contribution is 6.03. The molecule has 0 bridgehead atoms. The van der Waals surface area contributed by atoms with Gasteiger partial charge in [0.2, 0.25) is 0 Å². The number of amides is 1. The second kappa shape index (κ2) is 7.45. The van der Waals surface area contributed by atoms with Crippen molar-refractivity contribution in [2.24, 2.45) is 0 Å². The molecule has 1 aromatic heterocycles. The van der Waals surface area contributed by atoms with Gasteiger partial charge in [-0.15, -0.1) is 0 Å². The highest BCUT2D eigenvalue weighted by atomic mass is 19.2. The zero-order chi connectivity index (χ0) is 19.6. The summed E-state index contributed by atoms with van der Waals surface area (Å²) in [6.45, 7) is 3.88. The quantitative estimate of drug-likeness (QED) is 0.662. The van der Waals surface area contributed by atoms with Gasteiger partial charge in [-0.3, -0.25) is 4.79 Å². The number of rotatable bonds is 4. The fourth-order valence-corrected chi connectivity index (χ4v) is 2.32. The molecule has 2 N–H and O–H groups in total. The third-order valence-electron chi connectivity index (χ3n) is 3.96. The largest absolute Gasteiger partial charge is 0.338 e. The fraction of sp³-hybridized carbons (Fsp3) is 0.105. The summed E-state index contributed by atoms with van der Waals surface area (Å²) in [5.41, 5.74) is 2.42. The molecule has 0 saturated heterocycles. The molecule has 0 aliphatic rings. The first kappa shape index (κ1) is 18.4. The molecule has 3 rings (SSSR count). The van der Waals surface area contributed by atoms with Gasteiger partial charge in [0.15, 0.2) is 17.5 Å². The molecule has 0 fully saturated rings. The maximum atomic E-state index is 13.8. The maximum Gasteiger partial charge on any atom is 0.274 e. The lowest BCUT2D eigenvalue weighted by Crippen LogP contribution is -2.14. The van der Waals surface area contributed by atoms with Crippen LogP contribution in [0.4, 0.5) is 30.4 Å². The van der Waals surface area contributed by atoms with Crippen LogP contribution < -0.4 is 10.6 Å². The molecule has 8 heteroatoms. The summed E-state index contributed by atoms with van der Waals surface area (Å²) in [6, 6.07) is 8.56. The smallest absolute Gasteiger partial charge is 0.274 e. The lowest BCUT2D eigenvalue weighted by molar-refractivity contribution is 0.102. The molecule has 0 aliphatic carbocycles. The number of nitrogens with zero attached hydrogens (tertiary/aromatic N) is 2. The van der Waals surface area contributed by atoms with Crippen LogP contribution in [0.2, 0.25) is 0 Å². The number of hydrogen-bond donors (Lipinski definition) is 2. The van der Waals surface area contributed by atoms with Crippen LogP contribution in [0.1, 0.15) is 21.6 Å². The standard InChI is InChI=1S/C19H15F3N4O/c1-10-3-4-12(7-11(10)2)25-19(27)15-8-16(24-9-23-15)26-14-6-5-13(20)17(21)18(14)22/h3-9H,1-2H3,(H,25,27)(H,23,24,26). The van der Waals surface area contributed by atoms with E-state index in [0.717, 1.165) is 29.6 Å². The summed E-state index contributed by atoms with van der Waals surface area (Å²) in [7, 11) is 0. The Hall–Kier alpha value is -3.42. The first-order valence-corrected chi connectivity index (χ1v) is 7.96. The molecule has 138 valence electrons. The van der Waals surface area contributed by atoms with Crippen molar-refractivity contribution in [1.29, 1.82) is 0 Å². The molecule has 1 amide bonds. The first-order valence-electron chi connectivity index (χ1n) is 7.96. The molecule has 0 unspecified atom stereocenters. The Bertz CT molecular complexity index is 1020. The van der Waals surface area contributed by atoms with E-state index < -0.39 is 23.4 Å². The maximum absolute atomic E-state index is 13.8. The van der Waals surface area contributed by atoms with Crippen molar-refractivity contribution in [3.05, 3.63) is 77.0 Å². The monoisotopic (exact) mass is 372 g/mol. The molecule has 0 atom stereocenters. The van der Waals surface area contributed by atoms with Crippen molar-refractivity contribution >= 4 is 23.1 Å². The minimum Gasteiger partial charge on any atom is -0.338 e. The van der Waals surface area contributed by atoms with Gasteiger partial charge in [0.1, 0.15) is 17.8 Å². The number of aromatic nitrogens is 2. The number of carbonyl (C=O) groups is 1. The minimum atomic E-state index is -1.60.